The van der Waals surface area contributed by atoms with E-state index < -0.39 is 5.97 Å². The Bertz CT molecular complexity index is 364. The molecule has 0 bridgehead atoms. The zero-order valence-electron chi connectivity index (χ0n) is 8.53. The maximum atomic E-state index is 10.5. The molecule has 0 atom stereocenters. The summed E-state index contributed by atoms with van der Waals surface area (Å²) in [6.45, 7) is 5.81. The molecule has 0 spiro atoms. The lowest BCUT2D eigenvalue weighted by Gasteiger charge is -1.98. The zero-order valence-corrected chi connectivity index (χ0v) is 8.53. The van der Waals surface area contributed by atoms with Gasteiger partial charge in [-0.3, -0.25) is 0 Å². The first kappa shape index (κ1) is 12.2. The molecule has 14 heavy (non-hydrogen) atoms. The quantitative estimate of drug-likeness (QED) is 0.742. The average molecular weight is 191 g/mol. The number of aromatic carboxylic acids is 1. The molecule has 0 saturated heterocycles. The number of benzene rings is 1. The fourth-order valence-electron chi connectivity index (χ4n) is 0.937. The van der Waals surface area contributed by atoms with Gasteiger partial charge in [-0.1, -0.05) is 19.9 Å². The Kier molecular flexibility index (Phi) is 5.01. The van der Waals surface area contributed by atoms with Crippen LogP contribution in [0.3, 0.4) is 0 Å². The van der Waals surface area contributed by atoms with Gasteiger partial charge in [0.1, 0.15) is 6.07 Å². The standard InChI is InChI=1S/C9H7NO2.C2H6/c1-6-2-3-8(9(11)12)7(4-6)5-10;1-2/h2-4H,1H3,(H,11,12);1-2H3. The van der Waals surface area contributed by atoms with Crippen molar-refractivity contribution < 1.29 is 9.90 Å². The van der Waals surface area contributed by atoms with E-state index in [0.29, 0.717) is 0 Å². The highest BCUT2D eigenvalue weighted by molar-refractivity contribution is 5.90. The van der Waals surface area contributed by atoms with Crippen molar-refractivity contribution in [3.63, 3.8) is 0 Å². The molecule has 0 aliphatic rings. The number of carboxylic acids is 1. The van der Waals surface area contributed by atoms with Gasteiger partial charge in [-0.2, -0.15) is 5.26 Å². The highest BCUT2D eigenvalue weighted by atomic mass is 16.4. The van der Waals surface area contributed by atoms with E-state index in [4.69, 9.17) is 10.4 Å². The maximum absolute atomic E-state index is 10.5. The maximum Gasteiger partial charge on any atom is 0.337 e. The Morgan fingerprint density at radius 2 is 2.00 bits per heavy atom. The van der Waals surface area contributed by atoms with Gasteiger partial charge in [-0.15, -0.1) is 0 Å². The van der Waals surface area contributed by atoms with Crippen LogP contribution in [0.25, 0.3) is 0 Å². The summed E-state index contributed by atoms with van der Waals surface area (Å²) in [6, 6.07) is 6.51. The van der Waals surface area contributed by atoms with Gasteiger partial charge in [0.2, 0.25) is 0 Å². The van der Waals surface area contributed by atoms with Crippen molar-refractivity contribution in [1.29, 1.82) is 5.26 Å². The van der Waals surface area contributed by atoms with Crippen LogP contribution < -0.4 is 0 Å². The Morgan fingerprint density at radius 1 is 1.43 bits per heavy atom. The van der Waals surface area contributed by atoms with Crippen molar-refractivity contribution in [2.45, 2.75) is 20.8 Å². The predicted octanol–water partition coefficient (Wildman–Crippen LogP) is 2.59. The van der Waals surface area contributed by atoms with Gasteiger partial charge in [0.05, 0.1) is 11.1 Å². The summed E-state index contributed by atoms with van der Waals surface area (Å²) in [5.41, 5.74) is 1.15. The summed E-state index contributed by atoms with van der Waals surface area (Å²) >= 11 is 0. The van der Waals surface area contributed by atoms with Gasteiger partial charge >= 0.3 is 5.97 Å². The van der Waals surface area contributed by atoms with Gasteiger partial charge in [0.15, 0.2) is 0 Å². The third kappa shape index (κ3) is 2.91. The van der Waals surface area contributed by atoms with Crippen LogP contribution in [0, 0.1) is 18.3 Å². The third-order valence-corrected chi connectivity index (χ3v) is 1.53. The van der Waals surface area contributed by atoms with Gasteiger partial charge in [0.25, 0.3) is 0 Å². The molecule has 1 rings (SSSR count). The van der Waals surface area contributed by atoms with Gasteiger partial charge in [-0.25, -0.2) is 4.79 Å². The summed E-state index contributed by atoms with van der Waals surface area (Å²) in [6.07, 6.45) is 0. The topological polar surface area (TPSA) is 61.1 Å². The molecule has 3 nitrogen and oxygen atoms in total. The van der Waals surface area contributed by atoms with E-state index in [-0.39, 0.29) is 11.1 Å². The monoisotopic (exact) mass is 191 g/mol. The first-order valence-corrected chi connectivity index (χ1v) is 4.39. The number of nitriles is 1. The molecule has 0 amide bonds. The minimum atomic E-state index is -1.06. The van der Waals surface area contributed by atoms with Crippen molar-refractivity contribution in [2.75, 3.05) is 0 Å². The largest absolute Gasteiger partial charge is 0.478 e. The lowest BCUT2D eigenvalue weighted by atomic mass is 10.1. The highest BCUT2D eigenvalue weighted by Gasteiger charge is 2.08. The molecule has 1 aromatic carbocycles. The second-order valence-corrected chi connectivity index (χ2v) is 2.47. The predicted molar refractivity (Wildman–Crippen MR) is 54.2 cm³/mol. The molecule has 1 N–H and O–H groups in total. The van der Waals surface area contributed by atoms with Gasteiger partial charge in [-0.05, 0) is 24.6 Å². The van der Waals surface area contributed by atoms with E-state index in [1.54, 1.807) is 12.1 Å². The van der Waals surface area contributed by atoms with Crippen LogP contribution >= 0.6 is 0 Å². The smallest absolute Gasteiger partial charge is 0.337 e. The van der Waals surface area contributed by atoms with E-state index in [1.807, 2.05) is 26.8 Å². The normalized spacial score (nSPS) is 8.14. The number of nitrogens with zero attached hydrogens (tertiary/aromatic N) is 1. The fraction of sp³-hybridized carbons (Fsp3) is 0.273. The Hall–Kier alpha value is -1.82. The van der Waals surface area contributed by atoms with Crippen molar-refractivity contribution >= 4 is 5.97 Å². The molecule has 1 aromatic rings. The van der Waals surface area contributed by atoms with Crippen molar-refractivity contribution in [2.24, 2.45) is 0 Å². The lowest BCUT2D eigenvalue weighted by molar-refractivity contribution is 0.0696. The number of aryl methyl sites for hydroxylation is 1. The summed E-state index contributed by atoms with van der Waals surface area (Å²) < 4.78 is 0. The van der Waals surface area contributed by atoms with E-state index in [9.17, 15) is 4.79 Å². The first-order chi connectivity index (χ1) is 6.65. The molecule has 0 saturated carbocycles. The van der Waals surface area contributed by atoms with Crippen molar-refractivity contribution in [3.8, 4) is 6.07 Å². The molecule has 0 fully saturated rings. The number of hydrogen-bond donors (Lipinski definition) is 1. The molecule has 0 aliphatic carbocycles. The second kappa shape index (κ2) is 5.76. The van der Waals surface area contributed by atoms with E-state index >= 15 is 0 Å². The number of hydrogen-bond acceptors (Lipinski definition) is 2. The molecule has 0 unspecified atom stereocenters. The number of carboxylic acid groups (broad SMARTS) is 1. The summed E-state index contributed by atoms with van der Waals surface area (Å²) in [5.74, 6) is -1.06. The van der Waals surface area contributed by atoms with Crippen molar-refractivity contribution in [3.05, 3.63) is 34.9 Å². The molecular weight excluding hydrogens is 178 g/mol. The molecular formula is C11H13NO2. The number of carbonyl (C=O) groups is 1. The Balaban J connectivity index is 0.000000791. The van der Waals surface area contributed by atoms with E-state index in [2.05, 4.69) is 0 Å². The summed E-state index contributed by atoms with van der Waals surface area (Å²) in [4.78, 5) is 10.5. The van der Waals surface area contributed by atoms with E-state index in [1.165, 1.54) is 6.07 Å². The van der Waals surface area contributed by atoms with Gasteiger partial charge in [0, 0.05) is 0 Å². The minimum Gasteiger partial charge on any atom is -0.478 e. The fourth-order valence-corrected chi connectivity index (χ4v) is 0.937. The molecule has 3 heteroatoms. The first-order valence-electron chi connectivity index (χ1n) is 4.39. The molecule has 0 aromatic heterocycles. The van der Waals surface area contributed by atoms with Crippen LogP contribution in [0.1, 0.15) is 35.3 Å². The van der Waals surface area contributed by atoms with Gasteiger partial charge < -0.3 is 5.11 Å². The molecule has 0 radical (unpaired) electrons. The van der Waals surface area contributed by atoms with Crippen LogP contribution in [-0.4, -0.2) is 11.1 Å². The minimum absolute atomic E-state index is 0.0584. The van der Waals surface area contributed by atoms with Crippen molar-refractivity contribution in [1.82, 2.24) is 0 Å². The van der Waals surface area contributed by atoms with Crippen LogP contribution in [0.4, 0.5) is 0 Å². The van der Waals surface area contributed by atoms with Crippen LogP contribution in [0.5, 0.6) is 0 Å². The van der Waals surface area contributed by atoms with Crippen LogP contribution in [0.2, 0.25) is 0 Å². The Morgan fingerprint density at radius 3 is 2.43 bits per heavy atom. The highest BCUT2D eigenvalue weighted by Crippen LogP contribution is 2.10. The second-order valence-electron chi connectivity index (χ2n) is 2.47. The summed E-state index contributed by atoms with van der Waals surface area (Å²) in [7, 11) is 0. The third-order valence-electron chi connectivity index (χ3n) is 1.53. The SMILES string of the molecule is CC.Cc1ccc(C(=O)O)c(C#N)c1. The van der Waals surface area contributed by atoms with E-state index in [0.717, 1.165) is 5.56 Å². The summed E-state index contributed by atoms with van der Waals surface area (Å²) in [5, 5.41) is 17.2. The van der Waals surface area contributed by atoms with Crippen LogP contribution in [0.15, 0.2) is 18.2 Å². The zero-order chi connectivity index (χ0) is 11.1. The van der Waals surface area contributed by atoms with Crippen LogP contribution in [-0.2, 0) is 0 Å². The number of rotatable bonds is 1. The lowest BCUT2D eigenvalue weighted by Crippen LogP contribution is -1.99. The molecule has 0 heterocycles. The Labute approximate surface area is 83.6 Å². The molecule has 74 valence electrons. The molecule has 0 aliphatic heterocycles. The average Bonchev–Trinajstić information content (AvgIpc) is 2.20.